The number of carboxylic acid groups (broad SMARTS) is 1. The first-order chi connectivity index (χ1) is 7.45. The van der Waals surface area contributed by atoms with Crippen LogP contribution < -0.4 is 4.74 Å². The maximum atomic E-state index is 13.3. The summed E-state index contributed by atoms with van der Waals surface area (Å²) in [7, 11) is 1.17. The van der Waals surface area contributed by atoms with Crippen molar-refractivity contribution in [2.24, 2.45) is 0 Å². The van der Waals surface area contributed by atoms with E-state index in [4.69, 9.17) is 5.11 Å². The van der Waals surface area contributed by atoms with Gasteiger partial charge in [0.2, 0.25) is 0 Å². The van der Waals surface area contributed by atoms with Crippen LogP contribution in [-0.4, -0.2) is 23.3 Å². The molecule has 0 radical (unpaired) electrons. The molecule has 0 bridgehead atoms. The molecule has 16 heavy (non-hydrogen) atoms. The van der Waals surface area contributed by atoms with Crippen molar-refractivity contribution in [2.75, 3.05) is 7.11 Å². The number of halogens is 2. The molecule has 0 heterocycles. The predicted molar refractivity (Wildman–Crippen MR) is 50.1 cm³/mol. The van der Waals surface area contributed by atoms with Crippen molar-refractivity contribution in [3.05, 3.63) is 29.3 Å². The van der Waals surface area contributed by atoms with Gasteiger partial charge in [0.05, 0.1) is 25.2 Å². The smallest absolute Gasteiger partial charge is 0.306 e. The number of hydrogen-bond acceptors (Lipinski definition) is 3. The SMILES string of the molecule is COc1cc(F)cc(F)c1[C@@H](O)CC(=O)O. The summed E-state index contributed by atoms with van der Waals surface area (Å²) in [6.07, 6.45) is -2.26. The maximum absolute atomic E-state index is 13.3. The Hall–Kier alpha value is -1.69. The summed E-state index contributed by atoms with van der Waals surface area (Å²) in [6.45, 7) is 0. The summed E-state index contributed by atoms with van der Waals surface area (Å²) in [6, 6.07) is 1.44. The van der Waals surface area contributed by atoms with Gasteiger partial charge in [-0.25, -0.2) is 8.78 Å². The molecule has 0 amide bonds. The summed E-state index contributed by atoms with van der Waals surface area (Å²) < 4.78 is 30.8. The average molecular weight is 232 g/mol. The molecule has 0 aromatic heterocycles. The van der Waals surface area contributed by atoms with E-state index < -0.39 is 30.1 Å². The normalized spacial score (nSPS) is 12.2. The van der Waals surface area contributed by atoms with Gasteiger partial charge in [0.15, 0.2) is 0 Å². The van der Waals surface area contributed by atoms with Gasteiger partial charge in [-0.3, -0.25) is 4.79 Å². The molecule has 88 valence electrons. The van der Waals surface area contributed by atoms with Gasteiger partial charge < -0.3 is 14.9 Å². The van der Waals surface area contributed by atoms with Crippen molar-refractivity contribution in [1.29, 1.82) is 0 Å². The second-order valence-electron chi connectivity index (χ2n) is 3.12. The third kappa shape index (κ3) is 2.66. The lowest BCUT2D eigenvalue weighted by molar-refractivity contribution is -0.139. The monoisotopic (exact) mass is 232 g/mol. The Kier molecular flexibility index (Phi) is 3.78. The molecular weight excluding hydrogens is 222 g/mol. The largest absolute Gasteiger partial charge is 0.496 e. The fourth-order valence-electron chi connectivity index (χ4n) is 1.32. The minimum Gasteiger partial charge on any atom is -0.496 e. The van der Waals surface area contributed by atoms with Crippen LogP contribution in [0, 0.1) is 11.6 Å². The van der Waals surface area contributed by atoms with Gasteiger partial charge in [-0.15, -0.1) is 0 Å². The zero-order valence-electron chi connectivity index (χ0n) is 8.41. The summed E-state index contributed by atoms with van der Waals surface area (Å²) in [4.78, 5) is 10.4. The molecule has 0 spiro atoms. The lowest BCUT2D eigenvalue weighted by Gasteiger charge is -2.14. The van der Waals surface area contributed by atoms with Crippen LogP contribution in [-0.2, 0) is 4.79 Å². The van der Waals surface area contributed by atoms with Crippen LogP contribution in [0.2, 0.25) is 0 Å². The minimum absolute atomic E-state index is 0.216. The standard InChI is InChI=1S/C10H10F2O4/c1-16-8-3-5(11)2-6(12)10(8)7(13)4-9(14)15/h2-3,7,13H,4H2,1H3,(H,14,15)/t7-/m0/s1. The molecule has 6 heteroatoms. The van der Waals surface area contributed by atoms with Gasteiger partial charge in [0.25, 0.3) is 0 Å². The van der Waals surface area contributed by atoms with E-state index in [0.717, 1.165) is 6.07 Å². The molecule has 1 atom stereocenters. The van der Waals surface area contributed by atoms with Gasteiger partial charge in [-0.05, 0) is 0 Å². The number of rotatable bonds is 4. The molecule has 0 saturated heterocycles. The summed E-state index contributed by atoms with van der Waals surface area (Å²) in [5.41, 5.74) is -0.355. The minimum atomic E-state index is -1.58. The number of aliphatic carboxylic acids is 1. The van der Waals surface area contributed by atoms with Crippen molar-refractivity contribution in [2.45, 2.75) is 12.5 Å². The zero-order valence-corrected chi connectivity index (χ0v) is 8.41. The molecule has 0 saturated carbocycles. The van der Waals surface area contributed by atoms with E-state index in [1.54, 1.807) is 0 Å². The van der Waals surface area contributed by atoms with Gasteiger partial charge in [-0.2, -0.15) is 0 Å². The Morgan fingerprint density at radius 3 is 2.62 bits per heavy atom. The van der Waals surface area contributed by atoms with Gasteiger partial charge in [0, 0.05) is 12.1 Å². The quantitative estimate of drug-likeness (QED) is 0.825. The van der Waals surface area contributed by atoms with Crippen molar-refractivity contribution >= 4 is 5.97 Å². The molecular formula is C10H10F2O4. The molecule has 0 aliphatic heterocycles. The van der Waals surface area contributed by atoms with E-state index in [1.807, 2.05) is 0 Å². The molecule has 0 aliphatic rings. The van der Waals surface area contributed by atoms with Crippen molar-refractivity contribution in [1.82, 2.24) is 0 Å². The maximum Gasteiger partial charge on any atom is 0.306 e. The highest BCUT2D eigenvalue weighted by molar-refractivity contribution is 5.68. The fourth-order valence-corrected chi connectivity index (χ4v) is 1.32. The predicted octanol–water partition coefficient (Wildman–Crippen LogP) is 1.48. The van der Waals surface area contributed by atoms with E-state index in [-0.39, 0.29) is 11.3 Å². The number of aliphatic hydroxyl groups excluding tert-OH is 1. The van der Waals surface area contributed by atoms with Crippen LogP contribution in [0.1, 0.15) is 18.1 Å². The van der Waals surface area contributed by atoms with Gasteiger partial charge >= 0.3 is 5.97 Å². The number of carbonyl (C=O) groups is 1. The molecule has 4 nitrogen and oxygen atoms in total. The van der Waals surface area contributed by atoms with Crippen molar-refractivity contribution in [3.63, 3.8) is 0 Å². The first-order valence-corrected chi connectivity index (χ1v) is 4.38. The lowest BCUT2D eigenvalue weighted by atomic mass is 10.0. The lowest BCUT2D eigenvalue weighted by Crippen LogP contribution is -2.09. The van der Waals surface area contributed by atoms with Crippen molar-refractivity contribution < 1.29 is 28.5 Å². The van der Waals surface area contributed by atoms with E-state index in [1.165, 1.54) is 7.11 Å². The average Bonchev–Trinajstić information content (AvgIpc) is 2.14. The molecule has 1 aromatic carbocycles. The fraction of sp³-hybridized carbons (Fsp3) is 0.300. The molecule has 1 aromatic rings. The Labute approximate surface area is 90.1 Å². The number of methoxy groups -OCH3 is 1. The number of benzene rings is 1. The Balaban J connectivity index is 3.15. The van der Waals surface area contributed by atoms with Crippen LogP contribution >= 0.6 is 0 Å². The highest BCUT2D eigenvalue weighted by atomic mass is 19.1. The van der Waals surface area contributed by atoms with Gasteiger partial charge in [0.1, 0.15) is 17.4 Å². The van der Waals surface area contributed by atoms with E-state index in [2.05, 4.69) is 4.74 Å². The first-order valence-electron chi connectivity index (χ1n) is 4.38. The number of ether oxygens (including phenoxy) is 1. The van der Waals surface area contributed by atoms with Crippen LogP contribution in [0.3, 0.4) is 0 Å². The summed E-state index contributed by atoms with van der Waals surface area (Å²) in [5.74, 6) is -3.41. The van der Waals surface area contributed by atoms with Crippen LogP contribution in [0.15, 0.2) is 12.1 Å². The first kappa shape index (κ1) is 12.4. The number of hydrogen-bond donors (Lipinski definition) is 2. The number of aliphatic hydroxyl groups is 1. The van der Waals surface area contributed by atoms with Crippen LogP contribution in [0.25, 0.3) is 0 Å². The van der Waals surface area contributed by atoms with Crippen LogP contribution in [0.4, 0.5) is 8.78 Å². The second kappa shape index (κ2) is 4.89. The van der Waals surface area contributed by atoms with Crippen molar-refractivity contribution in [3.8, 4) is 5.75 Å². The second-order valence-corrected chi connectivity index (χ2v) is 3.12. The summed E-state index contributed by atoms with van der Waals surface area (Å²) >= 11 is 0. The van der Waals surface area contributed by atoms with E-state index in [9.17, 15) is 18.7 Å². The van der Waals surface area contributed by atoms with Gasteiger partial charge in [-0.1, -0.05) is 0 Å². The Morgan fingerprint density at radius 1 is 1.50 bits per heavy atom. The zero-order chi connectivity index (χ0) is 12.3. The molecule has 1 rings (SSSR count). The third-order valence-electron chi connectivity index (χ3n) is 1.98. The summed E-state index contributed by atoms with van der Waals surface area (Å²) in [5, 5.41) is 17.9. The Bertz CT molecular complexity index is 406. The van der Waals surface area contributed by atoms with E-state index in [0.29, 0.717) is 6.07 Å². The molecule has 0 aliphatic carbocycles. The topological polar surface area (TPSA) is 66.8 Å². The van der Waals surface area contributed by atoms with E-state index >= 15 is 0 Å². The Morgan fingerprint density at radius 2 is 2.12 bits per heavy atom. The molecule has 0 fully saturated rings. The third-order valence-corrected chi connectivity index (χ3v) is 1.98. The highest BCUT2D eigenvalue weighted by Crippen LogP contribution is 2.30. The van der Waals surface area contributed by atoms with Crippen LogP contribution in [0.5, 0.6) is 5.75 Å². The number of carboxylic acids is 1. The molecule has 0 unspecified atom stereocenters. The highest BCUT2D eigenvalue weighted by Gasteiger charge is 2.22. The molecule has 2 N–H and O–H groups in total.